The van der Waals surface area contributed by atoms with Crippen molar-refractivity contribution in [2.24, 2.45) is 11.7 Å². The van der Waals surface area contributed by atoms with E-state index in [0.717, 1.165) is 19.0 Å². The Morgan fingerprint density at radius 1 is 1.44 bits per heavy atom. The second-order valence-electron chi connectivity index (χ2n) is 5.04. The predicted molar refractivity (Wildman–Crippen MR) is 68.2 cm³/mol. The number of aryl methyl sites for hydroxylation is 1. The summed E-state index contributed by atoms with van der Waals surface area (Å²) in [7, 11) is 2.19. The summed E-state index contributed by atoms with van der Waals surface area (Å²) in [5.74, 6) is 0.847. The number of benzene rings is 1. The Morgan fingerprint density at radius 2 is 2.19 bits per heavy atom. The standard InChI is InChI=1S/C14H22N2/c1-11-4-3-5-12(8-11)10-16(2)14(9-15)13-6-7-13/h3-5,8,13-14H,6-7,9-10,15H2,1-2H3. The largest absolute Gasteiger partial charge is 0.329 e. The average molecular weight is 218 g/mol. The molecule has 0 bridgehead atoms. The molecule has 1 aliphatic carbocycles. The Bertz CT molecular complexity index is 344. The van der Waals surface area contributed by atoms with Crippen LogP contribution in [0.15, 0.2) is 24.3 Å². The maximum atomic E-state index is 5.86. The lowest BCUT2D eigenvalue weighted by Crippen LogP contribution is -2.39. The van der Waals surface area contributed by atoms with Crippen LogP contribution >= 0.6 is 0 Å². The topological polar surface area (TPSA) is 29.3 Å². The Labute approximate surface area is 98.4 Å². The van der Waals surface area contributed by atoms with Gasteiger partial charge in [0.25, 0.3) is 0 Å². The molecule has 1 aromatic carbocycles. The SMILES string of the molecule is Cc1cccc(CN(C)C(CN)C2CC2)c1. The van der Waals surface area contributed by atoms with Gasteiger partial charge in [0.05, 0.1) is 0 Å². The van der Waals surface area contributed by atoms with E-state index in [4.69, 9.17) is 5.73 Å². The zero-order valence-electron chi connectivity index (χ0n) is 10.3. The first-order chi connectivity index (χ1) is 7.70. The smallest absolute Gasteiger partial charge is 0.0247 e. The third-order valence-electron chi connectivity index (χ3n) is 3.49. The Balaban J connectivity index is 1.97. The molecule has 0 aromatic heterocycles. The van der Waals surface area contributed by atoms with Gasteiger partial charge in [-0.25, -0.2) is 0 Å². The molecule has 2 rings (SSSR count). The Hall–Kier alpha value is -0.860. The normalized spacial score (nSPS) is 17.8. The van der Waals surface area contributed by atoms with Crippen LogP contribution in [-0.2, 0) is 6.54 Å². The lowest BCUT2D eigenvalue weighted by molar-refractivity contribution is 0.215. The molecule has 0 saturated heterocycles. The minimum atomic E-state index is 0.570. The van der Waals surface area contributed by atoms with E-state index in [1.807, 2.05) is 0 Å². The molecule has 0 radical (unpaired) electrons. The van der Waals surface area contributed by atoms with Crippen molar-refractivity contribution in [3.8, 4) is 0 Å². The minimum absolute atomic E-state index is 0.570. The highest BCUT2D eigenvalue weighted by atomic mass is 15.1. The number of hydrogen-bond acceptors (Lipinski definition) is 2. The molecular formula is C14H22N2. The van der Waals surface area contributed by atoms with Crippen LogP contribution in [0.1, 0.15) is 24.0 Å². The van der Waals surface area contributed by atoms with Gasteiger partial charge in [0.15, 0.2) is 0 Å². The van der Waals surface area contributed by atoms with Gasteiger partial charge in [-0.05, 0) is 38.3 Å². The summed E-state index contributed by atoms with van der Waals surface area (Å²) in [5.41, 5.74) is 8.58. The molecule has 1 atom stereocenters. The van der Waals surface area contributed by atoms with Gasteiger partial charge >= 0.3 is 0 Å². The number of likely N-dealkylation sites (N-methyl/N-ethyl adjacent to an activating group) is 1. The van der Waals surface area contributed by atoms with Gasteiger partial charge in [0.2, 0.25) is 0 Å². The lowest BCUT2D eigenvalue weighted by atomic mass is 10.1. The second-order valence-corrected chi connectivity index (χ2v) is 5.04. The van der Waals surface area contributed by atoms with Crippen LogP contribution < -0.4 is 5.73 Å². The highest BCUT2D eigenvalue weighted by molar-refractivity contribution is 5.22. The molecule has 1 saturated carbocycles. The van der Waals surface area contributed by atoms with E-state index in [9.17, 15) is 0 Å². The van der Waals surface area contributed by atoms with E-state index in [1.54, 1.807) is 0 Å². The predicted octanol–water partition coefficient (Wildman–Crippen LogP) is 2.16. The van der Waals surface area contributed by atoms with E-state index in [0.29, 0.717) is 6.04 Å². The average Bonchev–Trinajstić information content (AvgIpc) is 3.03. The van der Waals surface area contributed by atoms with Crippen molar-refractivity contribution < 1.29 is 0 Å². The highest BCUT2D eigenvalue weighted by Crippen LogP contribution is 2.34. The number of nitrogens with zero attached hydrogens (tertiary/aromatic N) is 1. The van der Waals surface area contributed by atoms with Crippen LogP contribution in [-0.4, -0.2) is 24.5 Å². The molecule has 1 fully saturated rings. The van der Waals surface area contributed by atoms with Crippen molar-refractivity contribution in [3.63, 3.8) is 0 Å². The van der Waals surface area contributed by atoms with E-state index < -0.39 is 0 Å². The Morgan fingerprint density at radius 3 is 2.75 bits per heavy atom. The lowest BCUT2D eigenvalue weighted by Gasteiger charge is -2.27. The first-order valence-corrected chi connectivity index (χ1v) is 6.16. The molecule has 0 heterocycles. The van der Waals surface area contributed by atoms with Gasteiger partial charge in [-0.3, -0.25) is 4.90 Å². The van der Waals surface area contributed by atoms with Crippen molar-refractivity contribution in [1.29, 1.82) is 0 Å². The molecule has 0 spiro atoms. The summed E-state index contributed by atoms with van der Waals surface area (Å²) >= 11 is 0. The monoisotopic (exact) mass is 218 g/mol. The summed E-state index contributed by atoms with van der Waals surface area (Å²) in [4.78, 5) is 2.41. The van der Waals surface area contributed by atoms with Crippen LogP contribution in [0.2, 0.25) is 0 Å². The fraction of sp³-hybridized carbons (Fsp3) is 0.571. The van der Waals surface area contributed by atoms with Crippen LogP contribution in [0, 0.1) is 12.8 Å². The van der Waals surface area contributed by atoms with Crippen LogP contribution in [0.3, 0.4) is 0 Å². The van der Waals surface area contributed by atoms with Crippen molar-refractivity contribution in [3.05, 3.63) is 35.4 Å². The van der Waals surface area contributed by atoms with E-state index in [-0.39, 0.29) is 0 Å². The summed E-state index contributed by atoms with van der Waals surface area (Å²) in [6.07, 6.45) is 2.72. The van der Waals surface area contributed by atoms with Gasteiger partial charge in [0, 0.05) is 19.1 Å². The van der Waals surface area contributed by atoms with Crippen molar-refractivity contribution >= 4 is 0 Å². The molecule has 1 aromatic rings. The molecular weight excluding hydrogens is 196 g/mol. The molecule has 0 aliphatic heterocycles. The minimum Gasteiger partial charge on any atom is -0.329 e. The highest BCUT2D eigenvalue weighted by Gasteiger charge is 2.32. The summed E-state index contributed by atoms with van der Waals surface area (Å²) in [6, 6.07) is 9.30. The molecule has 88 valence electrons. The number of rotatable bonds is 5. The first kappa shape index (κ1) is 11.6. The fourth-order valence-electron chi connectivity index (χ4n) is 2.43. The maximum Gasteiger partial charge on any atom is 0.0247 e. The second kappa shape index (κ2) is 4.98. The zero-order chi connectivity index (χ0) is 11.5. The Kier molecular flexibility index (Phi) is 3.62. The van der Waals surface area contributed by atoms with E-state index >= 15 is 0 Å². The van der Waals surface area contributed by atoms with Gasteiger partial charge in [-0.15, -0.1) is 0 Å². The van der Waals surface area contributed by atoms with Crippen molar-refractivity contribution in [2.45, 2.75) is 32.4 Å². The summed E-state index contributed by atoms with van der Waals surface area (Å²) in [6.45, 7) is 3.94. The number of hydrogen-bond donors (Lipinski definition) is 1. The van der Waals surface area contributed by atoms with Crippen LogP contribution in [0.5, 0.6) is 0 Å². The van der Waals surface area contributed by atoms with Gasteiger partial charge < -0.3 is 5.73 Å². The summed E-state index contributed by atoms with van der Waals surface area (Å²) in [5, 5.41) is 0. The third kappa shape index (κ3) is 2.83. The molecule has 2 N–H and O–H groups in total. The number of nitrogens with two attached hydrogens (primary N) is 1. The summed E-state index contributed by atoms with van der Waals surface area (Å²) < 4.78 is 0. The van der Waals surface area contributed by atoms with Gasteiger partial charge in [0.1, 0.15) is 0 Å². The molecule has 2 heteroatoms. The molecule has 1 unspecified atom stereocenters. The van der Waals surface area contributed by atoms with Crippen molar-refractivity contribution in [1.82, 2.24) is 4.90 Å². The van der Waals surface area contributed by atoms with E-state index in [2.05, 4.69) is 43.1 Å². The van der Waals surface area contributed by atoms with E-state index in [1.165, 1.54) is 24.0 Å². The zero-order valence-corrected chi connectivity index (χ0v) is 10.3. The molecule has 1 aliphatic rings. The first-order valence-electron chi connectivity index (χ1n) is 6.16. The third-order valence-corrected chi connectivity index (χ3v) is 3.49. The van der Waals surface area contributed by atoms with Crippen LogP contribution in [0.25, 0.3) is 0 Å². The molecule has 0 amide bonds. The fourth-order valence-corrected chi connectivity index (χ4v) is 2.43. The van der Waals surface area contributed by atoms with Crippen LogP contribution in [0.4, 0.5) is 0 Å². The van der Waals surface area contributed by atoms with Gasteiger partial charge in [-0.1, -0.05) is 29.8 Å². The van der Waals surface area contributed by atoms with Gasteiger partial charge in [-0.2, -0.15) is 0 Å². The van der Waals surface area contributed by atoms with Crippen molar-refractivity contribution in [2.75, 3.05) is 13.6 Å². The molecule has 2 nitrogen and oxygen atoms in total. The molecule has 16 heavy (non-hydrogen) atoms. The quantitative estimate of drug-likeness (QED) is 0.820. The maximum absolute atomic E-state index is 5.86.